The third-order valence-electron chi connectivity index (χ3n) is 2.59. The molecule has 0 spiro atoms. The van der Waals surface area contributed by atoms with Gasteiger partial charge in [0.15, 0.2) is 0 Å². The van der Waals surface area contributed by atoms with Gasteiger partial charge in [0.25, 0.3) is 0 Å². The van der Waals surface area contributed by atoms with Crippen molar-refractivity contribution in [3.63, 3.8) is 0 Å². The van der Waals surface area contributed by atoms with Gasteiger partial charge in [0.2, 0.25) is 0 Å². The van der Waals surface area contributed by atoms with Crippen LogP contribution in [0.15, 0.2) is 18.2 Å². The summed E-state index contributed by atoms with van der Waals surface area (Å²) in [6.45, 7) is 10.7. The van der Waals surface area contributed by atoms with Crippen molar-refractivity contribution >= 4 is 5.97 Å². The molecule has 2 nitrogen and oxygen atoms in total. The third kappa shape index (κ3) is 2.84. The molecule has 0 saturated heterocycles. The predicted molar refractivity (Wildman–Crippen MR) is 65.8 cm³/mol. The van der Waals surface area contributed by atoms with Crippen LogP contribution in [0.2, 0.25) is 0 Å². The summed E-state index contributed by atoms with van der Waals surface area (Å²) in [6.07, 6.45) is 0. The van der Waals surface area contributed by atoms with E-state index in [2.05, 4.69) is 26.8 Å². The van der Waals surface area contributed by atoms with Crippen molar-refractivity contribution in [3.05, 3.63) is 34.9 Å². The first-order valence-electron chi connectivity index (χ1n) is 5.64. The van der Waals surface area contributed by atoms with Gasteiger partial charge in [0.1, 0.15) is 0 Å². The van der Waals surface area contributed by atoms with Crippen molar-refractivity contribution in [3.8, 4) is 0 Å². The van der Waals surface area contributed by atoms with E-state index < -0.39 is 0 Å². The number of carbonyl (C=O) groups excluding carboxylic acids is 1. The van der Waals surface area contributed by atoms with Crippen LogP contribution in [-0.2, 0) is 10.2 Å². The number of esters is 1. The van der Waals surface area contributed by atoms with E-state index in [0.717, 1.165) is 5.56 Å². The van der Waals surface area contributed by atoms with Crippen molar-refractivity contribution in [1.82, 2.24) is 0 Å². The number of rotatable bonds is 2. The van der Waals surface area contributed by atoms with Crippen molar-refractivity contribution in [2.24, 2.45) is 0 Å². The smallest absolute Gasteiger partial charge is 0.338 e. The highest BCUT2D eigenvalue weighted by Gasteiger charge is 2.16. The molecule has 0 aromatic heterocycles. The molecule has 1 aromatic rings. The summed E-state index contributed by atoms with van der Waals surface area (Å²) in [4.78, 5) is 11.6. The van der Waals surface area contributed by atoms with E-state index in [1.165, 1.54) is 5.56 Å². The number of aryl methyl sites for hydroxylation is 1. The Morgan fingerprint density at radius 2 is 1.94 bits per heavy atom. The number of hydrogen-bond donors (Lipinski definition) is 0. The van der Waals surface area contributed by atoms with E-state index in [0.29, 0.717) is 12.2 Å². The van der Waals surface area contributed by atoms with E-state index >= 15 is 0 Å². The van der Waals surface area contributed by atoms with Crippen LogP contribution >= 0.6 is 0 Å². The molecule has 1 rings (SSSR count). The zero-order valence-electron chi connectivity index (χ0n) is 10.8. The summed E-state index contributed by atoms with van der Waals surface area (Å²) in [5, 5.41) is 0. The molecule has 0 aliphatic heterocycles. The molecule has 0 amide bonds. The second kappa shape index (κ2) is 4.69. The molecule has 0 saturated carbocycles. The lowest BCUT2D eigenvalue weighted by Gasteiger charge is -2.20. The molecule has 0 N–H and O–H groups in total. The lowest BCUT2D eigenvalue weighted by molar-refractivity contribution is 0.0525. The Labute approximate surface area is 97.6 Å². The molecular weight excluding hydrogens is 200 g/mol. The highest BCUT2D eigenvalue weighted by molar-refractivity contribution is 5.91. The van der Waals surface area contributed by atoms with E-state index in [-0.39, 0.29) is 11.4 Å². The van der Waals surface area contributed by atoms with Crippen LogP contribution in [0.1, 0.15) is 49.2 Å². The number of carbonyl (C=O) groups is 1. The predicted octanol–water partition coefficient (Wildman–Crippen LogP) is 3.47. The van der Waals surface area contributed by atoms with Crippen molar-refractivity contribution in [1.29, 1.82) is 0 Å². The average Bonchev–Trinajstić information content (AvgIpc) is 2.16. The van der Waals surface area contributed by atoms with Crippen LogP contribution in [0.3, 0.4) is 0 Å². The van der Waals surface area contributed by atoms with Crippen molar-refractivity contribution < 1.29 is 9.53 Å². The van der Waals surface area contributed by atoms with Gasteiger partial charge in [-0.3, -0.25) is 0 Å². The first kappa shape index (κ1) is 12.8. The molecule has 0 aliphatic carbocycles. The summed E-state index contributed by atoms with van der Waals surface area (Å²) in [5.74, 6) is -0.236. The molecule has 16 heavy (non-hydrogen) atoms. The van der Waals surface area contributed by atoms with Gasteiger partial charge in [0, 0.05) is 0 Å². The molecule has 0 aliphatic rings. The summed E-state index contributed by atoms with van der Waals surface area (Å²) < 4.78 is 5.00. The lowest BCUT2D eigenvalue weighted by atomic mass is 9.85. The molecule has 0 radical (unpaired) electrons. The van der Waals surface area contributed by atoms with E-state index in [9.17, 15) is 4.79 Å². The Bertz CT molecular complexity index is 386. The highest BCUT2D eigenvalue weighted by atomic mass is 16.5. The number of benzene rings is 1. The Kier molecular flexibility index (Phi) is 3.74. The van der Waals surface area contributed by atoms with Crippen LogP contribution in [0, 0.1) is 6.92 Å². The molecule has 2 heteroatoms. The fraction of sp³-hybridized carbons (Fsp3) is 0.500. The summed E-state index contributed by atoms with van der Waals surface area (Å²) in [5.41, 5.74) is 2.98. The van der Waals surface area contributed by atoms with Gasteiger partial charge in [-0.15, -0.1) is 0 Å². The van der Waals surface area contributed by atoms with Gasteiger partial charge >= 0.3 is 5.97 Å². The summed E-state index contributed by atoms with van der Waals surface area (Å²) in [6, 6.07) is 5.92. The monoisotopic (exact) mass is 220 g/mol. The zero-order valence-corrected chi connectivity index (χ0v) is 10.8. The minimum absolute atomic E-state index is 0.109. The molecule has 1 aromatic carbocycles. The summed E-state index contributed by atoms with van der Waals surface area (Å²) in [7, 11) is 0. The molecule has 0 heterocycles. The van der Waals surface area contributed by atoms with Gasteiger partial charge in [-0.05, 0) is 36.5 Å². The zero-order chi connectivity index (χ0) is 12.3. The van der Waals surface area contributed by atoms with Gasteiger partial charge in [-0.2, -0.15) is 0 Å². The first-order valence-corrected chi connectivity index (χ1v) is 5.64. The maximum atomic E-state index is 11.6. The lowest BCUT2D eigenvalue weighted by Crippen LogP contribution is -2.13. The Hall–Kier alpha value is -1.31. The standard InChI is InChI=1S/C14H20O2/c1-6-16-13(15)12-8-7-11(9-10(12)2)14(3,4)5/h7-9H,6H2,1-5H3. The highest BCUT2D eigenvalue weighted by Crippen LogP contribution is 2.24. The van der Waals surface area contributed by atoms with Gasteiger partial charge in [0.05, 0.1) is 12.2 Å². The maximum Gasteiger partial charge on any atom is 0.338 e. The fourth-order valence-corrected chi connectivity index (χ4v) is 1.57. The Balaban J connectivity index is 3.05. The van der Waals surface area contributed by atoms with E-state index in [1.54, 1.807) is 0 Å². The van der Waals surface area contributed by atoms with E-state index in [4.69, 9.17) is 4.74 Å². The van der Waals surface area contributed by atoms with Crippen LogP contribution in [0.25, 0.3) is 0 Å². The number of hydrogen-bond acceptors (Lipinski definition) is 2. The Morgan fingerprint density at radius 3 is 2.38 bits per heavy atom. The van der Waals surface area contributed by atoms with Gasteiger partial charge in [-0.1, -0.05) is 32.9 Å². The number of ether oxygens (including phenoxy) is 1. The molecule has 88 valence electrons. The van der Waals surface area contributed by atoms with Crippen molar-refractivity contribution in [2.45, 2.75) is 40.0 Å². The van der Waals surface area contributed by atoms with Crippen LogP contribution in [0.5, 0.6) is 0 Å². The van der Waals surface area contributed by atoms with Gasteiger partial charge in [-0.25, -0.2) is 4.79 Å². The van der Waals surface area contributed by atoms with Crippen molar-refractivity contribution in [2.75, 3.05) is 6.61 Å². The van der Waals surface area contributed by atoms with Crippen LogP contribution in [0.4, 0.5) is 0 Å². The maximum absolute atomic E-state index is 11.6. The fourth-order valence-electron chi connectivity index (χ4n) is 1.57. The van der Waals surface area contributed by atoms with Gasteiger partial charge < -0.3 is 4.74 Å². The molecule has 0 fully saturated rings. The largest absolute Gasteiger partial charge is 0.462 e. The van der Waals surface area contributed by atoms with E-state index in [1.807, 2.05) is 26.0 Å². The summed E-state index contributed by atoms with van der Waals surface area (Å²) >= 11 is 0. The molecule has 0 unspecified atom stereocenters. The first-order chi connectivity index (χ1) is 7.36. The Morgan fingerprint density at radius 1 is 1.31 bits per heavy atom. The second-order valence-corrected chi connectivity index (χ2v) is 5.00. The molecule has 0 atom stereocenters. The topological polar surface area (TPSA) is 26.3 Å². The second-order valence-electron chi connectivity index (χ2n) is 5.00. The SMILES string of the molecule is CCOC(=O)c1ccc(C(C)(C)C)cc1C. The normalized spacial score (nSPS) is 11.3. The average molecular weight is 220 g/mol. The molecular formula is C14H20O2. The third-order valence-corrected chi connectivity index (χ3v) is 2.59. The minimum Gasteiger partial charge on any atom is -0.462 e. The minimum atomic E-state index is -0.236. The quantitative estimate of drug-likeness (QED) is 0.713. The van der Waals surface area contributed by atoms with Crippen LogP contribution in [-0.4, -0.2) is 12.6 Å². The molecule has 0 bridgehead atoms. The van der Waals surface area contributed by atoms with Crippen LogP contribution < -0.4 is 0 Å².